The maximum atomic E-state index is 5.68. The molecule has 0 saturated carbocycles. The van der Waals surface area contributed by atoms with Crippen molar-refractivity contribution < 1.29 is 45.8 Å². The molecule has 134 valence electrons. The summed E-state index contributed by atoms with van der Waals surface area (Å²) in [6.07, 6.45) is 4.47. The molecule has 0 heterocycles. The van der Waals surface area contributed by atoms with E-state index >= 15 is 0 Å². The minimum absolute atomic E-state index is 0. The highest BCUT2D eigenvalue weighted by Gasteiger charge is 1.97. The SMILES string of the molecule is [Cl-].[Cl-].[NH3+]c1ccc(OCCCCCCOc2ccc([NH3+])cc2)cc1. The Morgan fingerprint density at radius 2 is 0.875 bits per heavy atom. The summed E-state index contributed by atoms with van der Waals surface area (Å²) in [5, 5.41) is 0. The zero-order valence-corrected chi connectivity index (χ0v) is 15.4. The lowest BCUT2D eigenvalue weighted by molar-refractivity contribution is -0.255. The van der Waals surface area contributed by atoms with Gasteiger partial charge in [0.15, 0.2) is 0 Å². The van der Waals surface area contributed by atoms with Gasteiger partial charge in [0.25, 0.3) is 0 Å². The van der Waals surface area contributed by atoms with Crippen LogP contribution in [0.15, 0.2) is 48.5 Å². The Hall–Kier alpha value is -1.46. The van der Waals surface area contributed by atoms with E-state index in [-0.39, 0.29) is 24.8 Å². The van der Waals surface area contributed by atoms with Gasteiger partial charge in [-0.3, -0.25) is 0 Å². The van der Waals surface area contributed by atoms with Gasteiger partial charge in [-0.25, -0.2) is 0 Å². The first-order valence-electron chi connectivity index (χ1n) is 7.84. The van der Waals surface area contributed by atoms with E-state index in [1.165, 1.54) is 0 Å². The Kier molecular flexibility index (Phi) is 12.1. The minimum atomic E-state index is 0. The predicted octanol–water partition coefficient (Wildman–Crippen LogP) is -3.54. The van der Waals surface area contributed by atoms with Gasteiger partial charge < -0.3 is 45.8 Å². The lowest BCUT2D eigenvalue weighted by atomic mass is 10.2. The van der Waals surface area contributed by atoms with Crippen LogP contribution in [0.2, 0.25) is 0 Å². The number of ether oxygens (including phenoxy) is 2. The number of hydrogen-bond acceptors (Lipinski definition) is 2. The maximum Gasteiger partial charge on any atom is 0.128 e. The van der Waals surface area contributed by atoms with Gasteiger partial charge in [0.1, 0.15) is 22.9 Å². The molecule has 0 unspecified atom stereocenters. The van der Waals surface area contributed by atoms with E-state index in [2.05, 4.69) is 11.5 Å². The standard InChI is InChI=1S/C18H24N2O2.2ClH/c19-15-5-9-17(10-6-15)21-13-3-1-2-4-14-22-18-11-7-16(20)8-12-18;;/h5-12H,1-4,13-14,19-20H2;2*1H. The first-order valence-corrected chi connectivity index (χ1v) is 7.84. The second-order valence-electron chi connectivity index (χ2n) is 5.40. The summed E-state index contributed by atoms with van der Waals surface area (Å²) in [5.41, 5.74) is 9.73. The van der Waals surface area contributed by atoms with Gasteiger partial charge in [-0.05, 0) is 49.9 Å². The van der Waals surface area contributed by atoms with E-state index in [9.17, 15) is 0 Å². The summed E-state index contributed by atoms with van der Waals surface area (Å²) in [7, 11) is 0. The molecule has 6 heteroatoms. The molecule has 0 bridgehead atoms. The number of unbranched alkanes of at least 4 members (excludes halogenated alkanes) is 3. The molecule has 2 aromatic rings. The molecule has 2 aromatic carbocycles. The van der Waals surface area contributed by atoms with Crippen molar-refractivity contribution in [2.45, 2.75) is 25.7 Å². The fraction of sp³-hybridized carbons (Fsp3) is 0.333. The summed E-state index contributed by atoms with van der Waals surface area (Å²) in [4.78, 5) is 0. The normalized spacial score (nSPS) is 9.58. The van der Waals surface area contributed by atoms with Crippen LogP contribution in [0.1, 0.15) is 25.7 Å². The number of hydrogen-bond donors (Lipinski definition) is 2. The summed E-state index contributed by atoms with van der Waals surface area (Å²) < 4.78 is 11.4. The van der Waals surface area contributed by atoms with E-state index in [0.717, 1.165) is 61.8 Å². The molecule has 0 spiro atoms. The largest absolute Gasteiger partial charge is 1.00 e. The highest BCUT2D eigenvalue weighted by Crippen LogP contribution is 2.14. The third-order valence-electron chi connectivity index (χ3n) is 3.42. The average Bonchev–Trinajstić information content (AvgIpc) is 2.53. The first-order chi connectivity index (χ1) is 10.7. The van der Waals surface area contributed by atoms with Crippen LogP contribution in [0.3, 0.4) is 0 Å². The van der Waals surface area contributed by atoms with Crippen LogP contribution in [-0.2, 0) is 0 Å². The topological polar surface area (TPSA) is 73.7 Å². The molecule has 0 fully saturated rings. The van der Waals surface area contributed by atoms with Crippen molar-refractivity contribution in [1.29, 1.82) is 0 Å². The van der Waals surface area contributed by atoms with Gasteiger partial charge >= 0.3 is 0 Å². The van der Waals surface area contributed by atoms with E-state index in [0.29, 0.717) is 0 Å². The van der Waals surface area contributed by atoms with Crippen molar-refractivity contribution in [3.8, 4) is 11.5 Å². The van der Waals surface area contributed by atoms with Gasteiger partial charge in [-0.1, -0.05) is 0 Å². The number of benzene rings is 2. The molecular weight excluding hydrogens is 347 g/mol. The molecule has 6 N–H and O–H groups in total. The first kappa shape index (κ1) is 22.5. The second kappa shape index (κ2) is 12.9. The molecule has 0 aliphatic rings. The zero-order valence-electron chi connectivity index (χ0n) is 13.8. The van der Waals surface area contributed by atoms with Crippen molar-refractivity contribution in [3.05, 3.63) is 48.5 Å². The molecule has 0 amide bonds. The molecule has 0 radical (unpaired) electrons. The molecule has 0 aliphatic heterocycles. The summed E-state index contributed by atoms with van der Waals surface area (Å²) in [5.74, 6) is 1.84. The van der Waals surface area contributed by atoms with Crippen LogP contribution >= 0.6 is 0 Å². The molecule has 24 heavy (non-hydrogen) atoms. The average molecular weight is 373 g/mol. The molecule has 0 aliphatic carbocycles. The fourth-order valence-electron chi connectivity index (χ4n) is 2.11. The third kappa shape index (κ3) is 8.99. The lowest BCUT2D eigenvalue weighted by Gasteiger charge is -2.07. The highest BCUT2D eigenvalue weighted by molar-refractivity contribution is 5.35. The smallest absolute Gasteiger partial charge is 0.128 e. The summed E-state index contributed by atoms with van der Waals surface area (Å²) >= 11 is 0. The van der Waals surface area contributed by atoms with Gasteiger partial charge in [0.2, 0.25) is 0 Å². The Morgan fingerprint density at radius 1 is 0.542 bits per heavy atom. The Labute approximate surface area is 156 Å². The maximum absolute atomic E-state index is 5.68. The Bertz CT molecular complexity index is 496. The monoisotopic (exact) mass is 372 g/mol. The quantitative estimate of drug-likeness (QED) is 0.447. The van der Waals surface area contributed by atoms with Crippen LogP contribution in [0.5, 0.6) is 11.5 Å². The lowest BCUT2D eigenvalue weighted by Crippen LogP contribution is -3.00. The number of quaternary nitrogens is 2. The van der Waals surface area contributed by atoms with Crippen molar-refractivity contribution in [3.63, 3.8) is 0 Å². The van der Waals surface area contributed by atoms with E-state index in [4.69, 9.17) is 9.47 Å². The predicted molar refractivity (Wildman–Crippen MR) is 87.4 cm³/mol. The van der Waals surface area contributed by atoms with Crippen LogP contribution < -0.4 is 45.8 Å². The van der Waals surface area contributed by atoms with E-state index in [1.807, 2.05) is 48.5 Å². The van der Waals surface area contributed by atoms with Crippen molar-refractivity contribution in [1.82, 2.24) is 0 Å². The van der Waals surface area contributed by atoms with Gasteiger partial charge in [0, 0.05) is 24.3 Å². The van der Waals surface area contributed by atoms with Crippen molar-refractivity contribution in [2.24, 2.45) is 0 Å². The third-order valence-corrected chi connectivity index (χ3v) is 3.42. The molecular formula is C18H26Cl2N2O2. The number of rotatable bonds is 9. The molecule has 0 saturated heterocycles. The Balaban J connectivity index is 0.00000264. The van der Waals surface area contributed by atoms with Crippen LogP contribution in [0, 0.1) is 0 Å². The minimum Gasteiger partial charge on any atom is -1.00 e. The second-order valence-corrected chi connectivity index (χ2v) is 5.40. The van der Waals surface area contributed by atoms with Gasteiger partial charge in [-0.15, -0.1) is 0 Å². The van der Waals surface area contributed by atoms with E-state index < -0.39 is 0 Å². The highest BCUT2D eigenvalue weighted by atomic mass is 35.5. The van der Waals surface area contributed by atoms with Crippen LogP contribution in [0.4, 0.5) is 11.4 Å². The van der Waals surface area contributed by atoms with Crippen LogP contribution in [0.25, 0.3) is 0 Å². The van der Waals surface area contributed by atoms with E-state index in [1.54, 1.807) is 0 Å². The molecule has 0 atom stereocenters. The number of halogens is 2. The van der Waals surface area contributed by atoms with Gasteiger partial charge in [-0.2, -0.15) is 0 Å². The van der Waals surface area contributed by atoms with Crippen molar-refractivity contribution in [2.75, 3.05) is 13.2 Å². The fourth-order valence-corrected chi connectivity index (χ4v) is 2.11. The summed E-state index contributed by atoms with van der Waals surface area (Å²) in [6, 6.07) is 15.7. The molecule has 0 aromatic heterocycles. The Morgan fingerprint density at radius 3 is 1.21 bits per heavy atom. The zero-order chi connectivity index (χ0) is 15.6. The van der Waals surface area contributed by atoms with Crippen LogP contribution in [-0.4, -0.2) is 13.2 Å². The summed E-state index contributed by atoms with van der Waals surface area (Å²) in [6.45, 7) is 1.53. The molecule has 2 rings (SSSR count). The van der Waals surface area contributed by atoms with Crippen molar-refractivity contribution >= 4 is 11.4 Å². The molecule has 4 nitrogen and oxygen atoms in total. The van der Waals surface area contributed by atoms with Gasteiger partial charge in [0.05, 0.1) is 13.2 Å².